The first kappa shape index (κ1) is 17.2. The summed E-state index contributed by atoms with van der Waals surface area (Å²) in [5, 5.41) is 3.17. The van der Waals surface area contributed by atoms with Crippen molar-refractivity contribution in [2.45, 2.75) is 51.0 Å². The van der Waals surface area contributed by atoms with Gasteiger partial charge >= 0.3 is 6.03 Å². The van der Waals surface area contributed by atoms with E-state index in [9.17, 15) is 4.79 Å². The van der Waals surface area contributed by atoms with Crippen LogP contribution < -0.4 is 5.32 Å². The summed E-state index contributed by atoms with van der Waals surface area (Å²) in [5.41, 5.74) is 1.12. The number of carbonyl (C=O) groups is 1. The van der Waals surface area contributed by atoms with Gasteiger partial charge in [0.2, 0.25) is 0 Å². The van der Waals surface area contributed by atoms with Crippen LogP contribution in [0.2, 0.25) is 0 Å². The summed E-state index contributed by atoms with van der Waals surface area (Å²) in [5.74, 6) is 0. The van der Waals surface area contributed by atoms with Crippen molar-refractivity contribution in [3.8, 4) is 0 Å². The molecule has 0 unspecified atom stereocenters. The zero-order valence-electron chi connectivity index (χ0n) is 15.0. The van der Waals surface area contributed by atoms with Gasteiger partial charge in [0.25, 0.3) is 0 Å². The van der Waals surface area contributed by atoms with Crippen LogP contribution in [0.15, 0.2) is 24.4 Å². The summed E-state index contributed by atoms with van der Waals surface area (Å²) < 4.78 is 5.57. The zero-order valence-corrected chi connectivity index (χ0v) is 15.0. The number of piperidine rings is 1. The summed E-state index contributed by atoms with van der Waals surface area (Å²) in [6.45, 7) is 6.50. The minimum absolute atomic E-state index is 0.0144. The van der Waals surface area contributed by atoms with Crippen LogP contribution in [0.25, 0.3) is 0 Å². The van der Waals surface area contributed by atoms with Gasteiger partial charge in [0.15, 0.2) is 0 Å². The standard InChI is InChI=1S/C19H29N3O2/c1-18(2)14-22(12-8-16(18)24-3)17(23)21-13-19(9-6-10-19)15-7-4-5-11-20-15/h4-5,7,11,16H,6,8-10,12-14H2,1-3H3,(H,21,23)/t16-/m0/s1. The van der Waals surface area contributed by atoms with Crippen molar-refractivity contribution in [3.05, 3.63) is 30.1 Å². The first-order chi connectivity index (χ1) is 11.5. The molecule has 1 atom stereocenters. The molecule has 0 aromatic carbocycles. The van der Waals surface area contributed by atoms with Crippen molar-refractivity contribution >= 4 is 6.03 Å². The van der Waals surface area contributed by atoms with E-state index in [0.29, 0.717) is 6.54 Å². The van der Waals surface area contributed by atoms with Crippen LogP contribution in [0.3, 0.4) is 0 Å². The quantitative estimate of drug-likeness (QED) is 0.923. The second kappa shape index (κ2) is 6.71. The molecule has 0 bridgehead atoms. The maximum atomic E-state index is 12.7. The third-order valence-electron chi connectivity index (χ3n) is 5.80. The van der Waals surface area contributed by atoms with Crippen LogP contribution in [0, 0.1) is 5.41 Å². The highest BCUT2D eigenvalue weighted by Gasteiger charge is 2.41. The Hall–Kier alpha value is -1.62. The van der Waals surface area contributed by atoms with Crippen molar-refractivity contribution in [3.63, 3.8) is 0 Å². The van der Waals surface area contributed by atoms with Gasteiger partial charge < -0.3 is 15.0 Å². The molecule has 1 saturated carbocycles. The lowest BCUT2D eigenvalue weighted by atomic mass is 9.66. The Labute approximate surface area is 144 Å². The number of ether oxygens (including phenoxy) is 1. The van der Waals surface area contributed by atoms with Crippen LogP contribution in [-0.2, 0) is 10.2 Å². The Balaban J connectivity index is 1.60. The number of aromatic nitrogens is 1. The molecule has 1 saturated heterocycles. The first-order valence-electron chi connectivity index (χ1n) is 8.94. The van der Waals surface area contributed by atoms with Crippen LogP contribution in [-0.4, -0.2) is 48.8 Å². The number of carbonyl (C=O) groups excluding carboxylic acids is 1. The highest BCUT2D eigenvalue weighted by Crippen LogP contribution is 2.42. The van der Waals surface area contributed by atoms with Crippen LogP contribution in [0.1, 0.15) is 45.2 Å². The van der Waals surface area contributed by atoms with Gasteiger partial charge in [-0.1, -0.05) is 26.3 Å². The fourth-order valence-corrected chi connectivity index (χ4v) is 4.11. The second-order valence-electron chi connectivity index (χ2n) is 7.93. The number of likely N-dealkylation sites (tertiary alicyclic amines) is 1. The van der Waals surface area contributed by atoms with Crippen molar-refractivity contribution in [2.24, 2.45) is 5.41 Å². The number of nitrogens with one attached hydrogen (secondary N) is 1. The molecule has 1 aliphatic carbocycles. The molecule has 1 aromatic rings. The van der Waals surface area contributed by atoms with E-state index in [-0.39, 0.29) is 23.0 Å². The molecule has 1 aromatic heterocycles. The molecule has 3 rings (SSSR count). The SMILES string of the molecule is CO[C@H]1CCN(C(=O)NCC2(c3ccccn3)CCC2)CC1(C)C. The first-order valence-corrected chi connectivity index (χ1v) is 8.94. The number of amides is 2. The molecule has 5 heteroatoms. The number of methoxy groups -OCH3 is 1. The Bertz CT molecular complexity index is 569. The Morgan fingerprint density at radius 1 is 1.42 bits per heavy atom. The Kier molecular flexibility index (Phi) is 4.81. The van der Waals surface area contributed by atoms with Gasteiger partial charge in [0.1, 0.15) is 0 Å². The van der Waals surface area contributed by atoms with E-state index < -0.39 is 0 Å². The number of hydrogen-bond donors (Lipinski definition) is 1. The number of urea groups is 1. The van der Waals surface area contributed by atoms with E-state index in [1.165, 1.54) is 6.42 Å². The lowest BCUT2D eigenvalue weighted by Crippen LogP contribution is -2.56. The molecule has 2 aliphatic rings. The summed E-state index contributed by atoms with van der Waals surface area (Å²) >= 11 is 0. The molecule has 132 valence electrons. The lowest BCUT2D eigenvalue weighted by molar-refractivity contribution is -0.0408. The van der Waals surface area contributed by atoms with E-state index in [1.807, 2.05) is 23.2 Å². The minimum atomic E-state index is -0.0144. The van der Waals surface area contributed by atoms with E-state index in [2.05, 4.69) is 30.2 Å². The molecule has 0 radical (unpaired) electrons. The van der Waals surface area contributed by atoms with Gasteiger partial charge in [-0.05, 0) is 31.4 Å². The van der Waals surface area contributed by atoms with Crippen LogP contribution in [0.5, 0.6) is 0 Å². The molecule has 24 heavy (non-hydrogen) atoms. The van der Waals surface area contributed by atoms with E-state index in [1.54, 1.807) is 7.11 Å². The summed E-state index contributed by atoms with van der Waals surface area (Å²) in [7, 11) is 1.76. The average molecular weight is 331 g/mol. The normalized spacial score (nSPS) is 25.0. The monoisotopic (exact) mass is 331 g/mol. The topological polar surface area (TPSA) is 54.5 Å². The number of rotatable bonds is 4. The maximum Gasteiger partial charge on any atom is 0.317 e. The van der Waals surface area contributed by atoms with Crippen molar-refractivity contribution < 1.29 is 9.53 Å². The largest absolute Gasteiger partial charge is 0.381 e. The zero-order chi connectivity index (χ0) is 17.2. The Morgan fingerprint density at radius 3 is 2.75 bits per heavy atom. The average Bonchev–Trinajstić information content (AvgIpc) is 2.53. The summed E-state index contributed by atoms with van der Waals surface area (Å²) in [6, 6.07) is 6.09. The van der Waals surface area contributed by atoms with Crippen molar-refractivity contribution in [1.82, 2.24) is 15.2 Å². The molecular weight excluding hydrogens is 302 g/mol. The second-order valence-corrected chi connectivity index (χ2v) is 7.93. The molecule has 2 fully saturated rings. The molecule has 1 aliphatic heterocycles. The number of hydrogen-bond acceptors (Lipinski definition) is 3. The third kappa shape index (κ3) is 3.27. The van der Waals surface area contributed by atoms with Gasteiger partial charge in [-0.15, -0.1) is 0 Å². The predicted molar refractivity (Wildman–Crippen MR) is 93.9 cm³/mol. The number of nitrogens with zero attached hydrogens (tertiary/aromatic N) is 2. The molecule has 1 N–H and O–H groups in total. The number of pyridine rings is 1. The van der Waals surface area contributed by atoms with Crippen molar-refractivity contribution in [1.29, 1.82) is 0 Å². The van der Waals surface area contributed by atoms with Gasteiger partial charge in [-0.3, -0.25) is 4.98 Å². The van der Waals surface area contributed by atoms with Gasteiger partial charge in [0.05, 0.1) is 6.10 Å². The summed E-state index contributed by atoms with van der Waals surface area (Å²) in [4.78, 5) is 19.1. The lowest BCUT2D eigenvalue weighted by Gasteiger charge is -2.45. The van der Waals surface area contributed by atoms with Gasteiger partial charge in [0, 0.05) is 49.5 Å². The maximum absolute atomic E-state index is 12.7. The minimum Gasteiger partial charge on any atom is -0.381 e. The molecular formula is C19H29N3O2. The molecule has 2 amide bonds. The van der Waals surface area contributed by atoms with E-state index in [4.69, 9.17) is 4.74 Å². The van der Waals surface area contributed by atoms with E-state index in [0.717, 1.165) is 38.0 Å². The van der Waals surface area contributed by atoms with Gasteiger partial charge in [-0.25, -0.2) is 4.79 Å². The van der Waals surface area contributed by atoms with E-state index >= 15 is 0 Å². The van der Waals surface area contributed by atoms with Crippen LogP contribution >= 0.6 is 0 Å². The fraction of sp³-hybridized carbons (Fsp3) is 0.684. The highest BCUT2D eigenvalue weighted by molar-refractivity contribution is 5.74. The third-order valence-corrected chi connectivity index (χ3v) is 5.80. The smallest absolute Gasteiger partial charge is 0.317 e. The molecule has 5 nitrogen and oxygen atoms in total. The Morgan fingerprint density at radius 2 is 2.21 bits per heavy atom. The predicted octanol–water partition coefficient (Wildman–Crippen LogP) is 2.96. The fourth-order valence-electron chi connectivity index (χ4n) is 4.11. The highest BCUT2D eigenvalue weighted by atomic mass is 16.5. The molecule has 0 spiro atoms. The summed E-state index contributed by atoms with van der Waals surface area (Å²) in [6.07, 6.45) is 6.35. The van der Waals surface area contributed by atoms with Crippen molar-refractivity contribution in [2.75, 3.05) is 26.7 Å². The van der Waals surface area contributed by atoms with Crippen LogP contribution in [0.4, 0.5) is 4.79 Å². The van der Waals surface area contributed by atoms with Gasteiger partial charge in [-0.2, -0.15) is 0 Å². The molecule has 2 heterocycles.